The number of hydrogen-bond acceptors (Lipinski definition) is 4. The molecule has 7 heteroatoms. The zero-order valence-corrected chi connectivity index (χ0v) is 21.0. The largest absolute Gasteiger partial charge is 0.491 e. The van der Waals surface area contributed by atoms with Gasteiger partial charge in [-0.1, -0.05) is 32.0 Å². The highest BCUT2D eigenvalue weighted by Gasteiger charge is 2.33. The second-order valence-corrected chi connectivity index (χ2v) is 10.2. The van der Waals surface area contributed by atoms with Crippen LogP contribution in [0.1, 0.15) is 47.1 Å². The summed E-state index contributed by atoms with van der Waals surface area (Å²) in [6.45, 7) is 5.59. The molecule has 1 aliphatic rings. The van der Waals surface area contributed by atoms with E-state index < -0.39 is 0 Å². The SMILES string of the molecule is CC(C)CCN(CC(=O)N1CCc2sccc2C1COc1ccc(F)cc1)C(=O)c1ccccc1. The van der Waals surface area contributed by atoms with Gasteiger partial charge in [-0.05, 0) is 72.2 Å². The first-order chi connectivity index (χ1) is 16.9. The Bertz CT molecular complexity index is 1130. The standard InChI is InChI=1S/C28H31FN2O3S/c1-20(2)12-15-30(28(33)21-6-4-3-5-7-21)18-27(32)31-16-13-26-24(14-17-35-26)25(31)19-34-23-10-8-22(29)9-11-23/h3-11,14,17,20,25H,12-13,15-16,18-19H2,1-2H3. The van der Waals surface area contributed by atoms with Crippen LogP contribution in [0, 0.1) is 11.7 Å². The minimum Gasteiger partial charge on any atom is -0.491 e. The molecular weight excluding hydrogens is 463 g/mol. The number of halogens is 1. The van der Waals surface area contributed by atoms with Crippen molar-refractivity contribution in [3.8, 4) is 5.75 Å². The third-order valence-corrected chi connectivity index (χ3v) is 7.24. The van der Waals surface area contributed by atoms with E-state index in [1.54, 1.807) is 40.5 Å². The number of thiophene rings is 1. The Morgan fingerprint density at radius 1 is 1.11 bits per heavy atom. The summed E-state index contributed by atoms with van der Waals surface area (Å²) in [4.78, 5) is 31.6. The van der Waals surface area contributed by atoms with Gasteiger partial charge in [-0.3, -0.25) is 9.59 Å². The third kappa shape index (κ3) is 6.28. The molecule has 1 aromatic heterocycles. The van der Waals surface area contributed by atoms with Crippen molar-refractivity contribution >= 4 is 23.2 Å². The summed E-state index contributed by atoms with van der Waals surface area (Å²) < 4.78 is 19.3. The summed E-state index contributed by atoms with van der Waals surface area (Å²) >= 11 is 1.69. The lowest BCUT2D eigenvalue weighted by Gasteiger charge is -2.37. The van der Waals surface area contributed by atoms with E-state index in [1.807, 2.05) is 34.5 Å². The monoisotopic (exact) mass is 494 g/mol. The van der Waals surface area contributed by atoms with Gasteiger partial charge in [-0.15, -0.1) is 11.3 Å². The van der Waals surface area contributed by atoms with Gasteiger partial charge in [-0.2, -0.15) is 0 Å². The fourth-order valence-electron chi connectivity index (χ4n) is 4.26. The number of nitrogens with zero attached hydrogens (tertiary/aromatic N) is 2. The van der Waals surface area contributed by atoms with Crippen LogP contribution in [-0.4, -0.2) is 47.9 Å². The summed E-state index contributed by atoms with van der Waals surface area (Å²) in [5.74, 6) is 0.418. The molecule has 35 heavy (non-hydrogen) atoms. The number of hydrogen-bond donors (Lipinski definition) is 0. The predicted molar refractivity (Wildman–Crippen MR) is 136 cm³/mol. The van der Waals surface area contributed by atoms with E-state index in [2.05, 4.69) is 13.8 Å². The Balaban J connectivity index is 1.52. The molecule has 5 nitrogen and oxygen atoms in total. The number of rotatable bonds is 9. The van der Waals surface area contributed by atoms with Crippen LogP contribution < -0.4 is 4.74 Å². The van der Waals surface area contributed by atoms with Crippen molar-refractivity contribution in [2.45, 2.75) is 32.7 Å². The first-order valence-electron chi connectivity index (χ1n) is 12.0. The van der Waals surface area contributed by atoms with Gasteiger partial charge < -0.3 is 14.5 Å². The highest BCUT2D eigenvalue weighted by Crippen LogP contribution is 2.34. The van der Waals surface area contributed by atoms with E-state index >= 15 is 0 Å². The second kappa shape index (κ2) is 11.5. The van der Waals surface area contributed by atoms with Crippen molar-refractivity contribution in [1.82, 2.24) is 9.80 Å². The van der Waals surface area contributed by atoms with Crippen LogP contribution in [-0.2, 0) is 11.2 Å². The van der Waals surface area contributed by atoms with Crippen LogP contribution in [0.3, 0.4) is 0 Å². The van der Waals surface area contributed by atoms with Gasteiger partial charge >= 0.3 is 0 Å². The van der Waals surface area contributed by atoms with E-state index in [0.29, 0.717) is 30.3 Å². The van der Waals surface area contributed by atoms with Crippen molar-refractivity contribution in [3.63, 3.8) is 0 Å². The molecule has 0 saturated carbocycles. The molecule has 1 unspecified atom stereocenters. The maximum Gasteiger partial charge on any atom is 0.254 e. The van der Waals surface area contributed by atoms with Gasteiger partial charge in [0.25, 0.3) is 5.91 Å². The van der Waals surface area contributed by atoms with Gasteiger partial charge in [0, 0.05) is 23.5 Å². The third-order valence-electron chi connectivity index (χ3n) is 6.25. The number of benzene rings is 2. The maximum atomic E-state index is 13.6. The molecule has 2 amide bonds. The number of ether oxygens (including phenoxy) is 1. The Morgan fingerprint density at radius 2 is 1.86 bits per heavy atom. The highest BCUT2D eigenvalue weighted by molar-refractivity contribution is 7.10. The van der Waals surface area contributed by atoms with Crippen LogP contribution in [0.2, 0.25) is 0 Å². The zero-order valence-electron chi connectivity index (χ0n) is 20.2. The van der Waals surface area contributed by atoms with Crippen LogP contribution in [0.15, 0.2) is 66.0 Å². The van der Waals surface area contributed by atoms with Gasteiger partial charge in [-0.25, -0.2) is 4.39 Å². The van der Waals surface area contributed by atoms with Crippen molar-refractivity contribution in [3.05, 3.63) is 87.9 Å². The molecule has 0 fully saturated rings. The highest BCUT2D eigenvalue weighted by atomic mass is 32.1. The maximum absolute atomic E-state index is 13.6. The number of carbonyl (C=O) groups excluding carboxylic acids is 2. The molecule has 2 aromatic carbocycles. The Hall–Kier alpha value is -3.19. The van der Waals surface area contributed by atoms with Crippen LogP contribution in [0.4, 0.5) is 4.39 Å². The van der Waals surface area contributed by atoms with Gasteiger partial charge in [0.15, 0.2) is 0 Å². The smallest absolute Gasteiger partial charge is 0.254 e. The molecule has 1 aliphatic heterocycles. The normalized spacial score (nSPS) is 15.1. The second-order valence-electron chi connectivity index (χ2n) is 9.19. The van der Waals surface area contributed by atoms with Crippen molar-refractivity contribution in [2.24, 2.45) is 5.92 Å². The van der Waals surface area contributed by atoms with Crippen molar-refractivity contribution < 1.29 is 18.7 Å². The molecule has 0 N–H and O–H groups in total. The minimum atomic E-state index is -0.323. The Kier molecular flexibility index (Phi) is 8.18. The Morgan fingerprint density at radius 3 is 2.57 bits per heavy atom. The summed E-state index contributed by atoms with van der Waals surface area (Å²) in [5.41, 5.74) is 1.67. The average molecular weight is 495 g/mol. The van der Waals surface area contributed by atoms with Gasteiger partial charge in [0.1, 0.15) is 24.7 Å². The van der Waals surface area contributed by atoms with E-state index in [-0.39, 0.29) is 36.8 Å². The molecule has 2 heterocycles. The van der Waals surface area contributed by atoms with Gasteiger partial charge in [0.2, 0.25) is 5.91 Å². The number of carbonyl (C=O) groups is 2. The van der Waals surface area contributed by atoms with E-state index in [0.717, 1.165) is 18.4 Å². The summed E-state index contributed by atoms with van der Waals surface area (Å²) in [6, 6.07) is 16.8. The van der Waals surface area contributed by atoms with Gasteiger partial charge in [0.05, 0.1) is 6.04 Å². The predicted octanol–water partition coefficient (Wildman–Crippen LogP) is 5.58. The molecule has 184 valence electrons. The summed E-state index contributed by atoms with van der Waals surface area (Å²) in [5, 5.41) is 2.04. The van der Waals surface area contributed by atoms with Crippen molar-refractivity contribution in [2.75, 3.05) is 26.2 Å². The van der Waals surface area contributed by atoms with E-state index in [1.165, 1.54) is 17.0 Å². The average Bonchev–Trinajstić information content (AvgIpc) is 3.35. The molecule has 0 saturated heterocycles. The van der Waals surface area contributed by atoms with E-state index in [4.69, 9.17) is 4.74 Å². The number of fused-ring (bicyclic) bond motifs is 1. The molecule has 4 rings (SSSR count). The minimum absolute atomic E-state index is 0.0208. The first kappa shape index (κ1) is 24.9. The molecule has 0 aliphatic carbocycles. The molecule has 0 radical (unpaired) electrons. The quantitative estimate of drug-likeness (QED) is 0.390. The fraction of sp³-hybridized carbons (Fsp3) is 0.357. The molecule has 0 spiro atoms. The Labute approximate surface area is 210 Å². The number of amides is 2. The first-order valence-corrected chi connectivity index (χ1v) is 12.9. The van der Waals surface area contributed by atoms with Crippen LogP contribution in [0.25, 0.3) is 0 Å². The molecular formula is C28H31FN2O3S. The van der Waals surface area contributed by atoms with Crippen LogP contribution >= 0.6 is 11.3 Å². The van der Waals surface area contributed by atoms with Crippen molar-refractivity contribution in [1.29, 1.82) is 0 Å². The summed E-state index contributed by atoms with van der Waals surface area (Å²) in [7, 11) is 0. The van der Waals surface area contributed by atoms with E-state index in [9.17, 15) is 14.0 Å². The summed E-state index contributed by atoms with van der Waals surface area (Å²) in [6.07, 6.45) is 1.60. The lowest BCUT2D eigenvalue weighted by molar-refractivity contribution is -0.135. The molecule has 3 aromatic rings. The fourth-order valence-corrected chi connectivity index (χ4v) is 5.19. The lowest BCUT2D eigenvalue weighted by Crippen LogP contribution is -2.48. The van der Waals surface area contributed by atoms with Crippen LogP contribution in [0.5, 0.6) is 5.75 Å². The molecule has 1 atom stereocenters. The lowest BCUT2D eigenvalue weighted by atomic mass is 10.00. The molecule has 0 bridgehead atoms. The topological polar surface area (TPSA) is 49.9 Å². The zero-order chi connectivity index (χ0) is 24.8.